The van der Waals surface area contributed by atoms with Crippen LogP contribution in [0.1, 0.15) is 42.1 Å². The van der Waals surface area contributed by atoms with Crippen molar-refractivity contribution in [3.05, 3.63) is 45.9 Å². The van der Waals surface area contributed by atoms with E-state index in [1.807, 2.05) is 26.1 Å². The normalized spacial score (nSPS) is 12.7. The van der Waals surface area contributed by atoms with Crippen molar-refractivity contribution in [1.29, 1.82) is 0 Å². The molecule has 0 aromatic carbocycles. The van der Waals surface area contributed by atoms with E-state index in [4.69, 9.17) is 10.5 Å². The molecular weight excluding hydrogens is 256 g/mol. The topological polar surface area (TPSA) is 48.1 Å². The van der Waals surface area contributed by atoms with E-state index in [0.717, 1.165) is 17.7 Å². The maximum absolute atomic E-state index is 6.30. The van der Waals surface area contributed by atoms with Gasteiger partial charge < -0.3 is 10.5 Å². The van der Waals surface area contributed by atoms with Gasteiger partial charge in [0.05, 0.1) is 18.3 Å². The Balaban J connectivity index is 2.20. The highest BCUT2D eigenvalue weighted by atomic mass is 32.1. The molecule has 1 unspecified atom stereocenters. The summed E-state index contributed by atoms with van der Waals surface area (Å²) in [5.41, 5.74) is 7.29. The summed E-state index contributed by atoms with van der Waals surface area (Å²) in [7, 11) is 0. The minimum Gasteiger partial charge on any atom is -0.489 e. The fraction of sp³-hybridized carbons (Fsp3) is 0.400. The third-order valence-corrected chi connectivity index (χ3v) is 4.12. The van der Waals surface area contributed by atoms with Crippen LogP contribution in [-0.2, 0) is 6.42 Å². The molecule has 2 rings (SSSR count). The van der Waals surface area contributed by atoms with Gasteiger partial charge in [-0.25, -0.2) is 0 Å². The van der Waals surface area contributed by atoms with Gasteiger partial charge in [0.1, 0.15) is 5.75 Å². The summed E-state index contributed by atoms with van der Waals surface area (Å²) in [6.45, 7) is 6.15. The van der Waals surface area contributed by atoms with Gasteiger partial charge in [-0.2, -0.15) is 0 Å². The van der Waals surface area contributed by atoms with Crippen LogP contribution in [0, 0.1) is 0 Å². The maximum atomic E-state index is 6.30. The molecule has 0 spiro atoms. The van der Waals surface area contributed by atoms with E-state index in [9.17, 15) is 0 Å². The standard InChI is InChI=1S/C15H20N2OS/c1-4-13-5-6-14(19-13)15(16)11-7-12(9-17-8-11)18-10(2)3/h5-10,15H,4,16H2,1-3H3. The molecule has 102 valence electrons. The summed E-state index contributed by atoms with van der Waals surface area (Å²) in [6, 6.07) is 6.09. The number of rotatable bonds is 5. The summed E-state index contributed by atoms with van der Waals surface area (Å²) in [4.78, 5) is 6.73. The SMILES string of the molecule is CCc1ccc(C(N)c2cncc(OC(C)C)c2)s1. The van der Waals surface area contributed by atoms with E-state index >= 15 is 0 Å². The molecule has 4 heteroatoms. The fourth-order valence-electron chi connectivity index (χ4n) is 1.86. The van der Waals surface area contributed by atoms with Gasteiger partial charge in [-0.05, 0) is 44.0 Å². The molecule has 0 aliphatic heterocycles. The zero-order valence-electron chi connectivity index (χ0n) is 11.6. The summed E-state index contributed by atoms with van der Waals surface area (Å²) in [6.07, 6.45) is 4.72. The highest BCUT2D eigenvalue weighted by molar-refractivity contribution is 7.12. The number of ether oxygens (including phenoxy) is 1. The highest BCUT2D eigenvalue weighted by Gasteiger charge is 2.13. The predicted octanol–water partition coefficient (Wildman–Crippen LogP) is 3.54. The molecule has 0 radical (unpaired) electrons. The molecule has 0 fully saturated rings. The van der Waals surface area contributed by atoms with Crippen LogP contribution in [0.5, 0.6) is 5.75 Å². The van der Waals surface area contributed by atoms with Crippen LogP contribution >= 0.6 is 11.3 Å². The van der Waals surface area contributed by atoms with Crippen molar-refractivity contribution in [1.82, 2.24) is 4.98 Å². The zero-order chi connectivity index (χ0) is 13.8. The molecule has 2 aromatic rings. The Morgan fingerprint density at radius 1 is 1.32 bits per heavy atom. The van der Waals surface area contributed by atoms with Crippen molar-refractivity contribution >= 4 is 11.3 Å². The molecule has 0 aliphatic rings. The van der Waals surface area contributed by atoms with Gasteiger partial charge >= 0.3 is 0 Å². The van der Waals surface area contributed by atoms with Crippen molar-refractivity contribution in [2.24, 2.45) is 5.73 Å². The van der Waals surface area contributed by atoms with E-state index in [2.05, 4.69) is 24.0 Å². The van der Waals surface area contributed by atoms with Crippen molar-refractivity contribution in [2.75, 3.05) is 0 Å². The van der Waals surface area contributed by atoms with Gasteiger partial charge in [-0.15, -0.1) is 11.3 Å². The summed E-state index contributed by atoms with van der Waals surface area (Å²) >= 11 is 1.76. The maximum Gasteiger partial charge on any atom is 0.138 e. The Bertz CT molecular complexity index is 536. The van der Waals surface area contributed by atoms with Crippen LogP contribution in [0.25, 0.3) is 0 Å². The molecule has 19 heavy (non-hydrogen) atoms. The first-order valence-corrected chi connectivity index (χ1v) is 7.37. The summed E-state index contributed by atoms with van der Waals surface area (Å²) < 4.78 is 5.65. The number of aromatic nitrogens is 1. The number of thiophene rings is 1. The van der Waals surface area contributed by atoms with E-state index in [-0.39, 0.29) is 12.1 Å². The van der Waals surface area contributed by atoms with E-state index < -0.39 is 0 Å². The second-order valence-electron chi connectivity index (χ2n) is 4.76. The predicted molar refractivity (Wildman–Crippen MR) is 79.7 cm³/mol. The van der Waals surface area contributed by atoms with Gasteiger partial charge in [0.2, 0.25) is 0 Å². The van der Waals surface area contributed by atoms with Crippen LogP contribution in [0.15, 0.2) is 30.6 Å². The minimum absolute atomic E-state index is 0.131. The molecule has 0 aliphatic carbocycles. The molecule has 3 nitrogen and oxygen atoms in total. The average molecular weight is 276 g/mol. The van der Waals surface area contributed by atoms with Crippen molar-refractivity contribution < 1.29 is 4.74 Å². The second kappa shape index (κ2) is 6.17. The number of hydrogen-bond donors (Lipinski definition) is 1. The largest absolute Gasteiger partial charge is 0.489 e. The number of hydrogen-bond acceptors (Lipinski definition) is 4. The van der Waals surface area contributed by atoms with Crippen LogP contribution in [-0.4, -0.2) is 11.1 Å². The number of aryl methyl sites for hydroxylation is 1. The Kier molecular flexibility index (Phi) is 4.56. The Morgan fingerprint density at radius 3 is 2.74 bits per heavy atom. The van der Waals surface area contributed by atoms with Crippen molar-refractivity contribution in [2.45, 2.75) is 39.3 Å². The first-order valence-electron chi connectivity index (χ1n) is 6.56. The third-order valence-electron chi connectivity index (χ3n) is 2.80. The lowest BCUT2D eigenvalue weighted by molar-refractivity contribution is 0.241. The van der Waals surface area contributed by atoms with Crippen molar-refractivity contribution in [3.63, 3.8) is 0 Å². The van der Waals surface area contributed by atoms with Crippen LogP contribution in [0.4, 0.5) is 0 Å². The zero-order valence-corrected chi connectivity index (χ0v) is 12.4. The van der Waals surface area contributed by atoms with Gasteiger partial charge in [-0.1, -0.05) is 6.92 Å². The lowest BCUT2D eigenvalue weighted by atomic mass is 10.1. The Labute approximate surface area is 118 Å². The lowest BCUT2D eigenvalue weighted by Gasteiger charge is -2.13. The molecule has 0 amide bonds. The fourth-order valence-corrected chi connectivity index (χ4v) is 2.84. The lowest BCUT2D eigenvalue weighted by Crippen LogP contribution is -2.12. The van der Waals surface area contributed by atoms with Crippen LogP contribution in [0.2, 0.25) is 0 Å². The van der Waals surface area contributed by atoms with E-state index in [1.54, 1.807) is 17.5 Å². The molecule has 2 N–H and O–H groups in total. The quantitative estimate of drug-likeness (QED) is 0.908. The number of pyridine rings is 1. The smallest absolute Gasteiger partial charge is 0.138 e. The second-order valence-corrected chi connectivity index (χ2v) is 5.96. The first-order chi connectivity index (χ1) is 9.10. The van der Waals surface area contributed by atoms with Gasteiger partial charge in [0, 0.05) is 16.0 Å². The summed E-state index contributed by atoms with van der Waals surface area (Å²) in [5, 5.41) is 0. The van der Waals surface area contributed by atoms with Crippen molar-refractivity contribution in [3.8, 4) is 5.75 Å². The number of nitrogens with two attached hydrogens (primary N) is 1. The van der Waals surface area contributed by atoms with Gasteiger partial charge in [-0.3, -0.25) is 4.98 Å². The van der Waals surface area contributed by atoms with Crippen LogP contribution in [0.3, 0.4) is 0 Å². The molecular formula is C15H20N2OS. The molecule has 1 atom stereocenters. The van der Waals surface area contributed by atoms with Crippen LogP contribution < -0.4 is 10.5 Å². The average Bonchev–Trinajstić information content (AvgIpc) is 2.86. The monoisotopic (exact) mass is 276 g/mol. The first kappa shape index (κ1) is 14.0. The molecule has 2 aromatic heterocycles. The molecule has 0 saturated carbocycles. The molecule has 2 heterocycles. The molecule has 0 saturated heterocycles. The van der Waals surface area contributed by atoms with E-state index in [0.29, 0.717) is 0 Å². The van der Waals surface area contributed by atoms with E-state index in [1.165, 1.54) is 9.75 Å². The Morgan fingerprint density at radius 2 is 2.11 bits per heavy atom. The third kappa shape index (κ3) is 3.55. The highest BCUT2D eigenvalue weighted by Crippen LogP contribution is 2.28. The minimum atomic E-state index is -0.131. The van der Waals surface area contributed by atoms with Gasteiger partial charge in [0.25, 0.3) is 0 Å². The summed E-state index contributed by atoms with van der Waals surface area (Å²) in [5.74, 6) is 0.773. The number of nitrogens with zero attached hydrogens (tertiary/aromatic N) is 1. The molecule has 0 bridgehead atoms. The van der Waals surface area contributed by atoms with Gasteiger partial charge in [0.15, 0.2) is 0 Å². The Hall–Kier alpha value is -1.39.